The highest BCUT2D eigenvalue weighted by molar-refractivity contribution is 9.10. The van der Waals surface area contributed by atoms with Crippen molar-refractivity contribution in [2.24, 2.45) is 0 Å². The Kier molecular flexibility index (Phi) is 3.93. The largest absolute Gasteiger partial charge is 0.412 e. The highest BCUT2D eigenvalue weighted by atomic mass is 79.9. The Bertz CT molecular complexity index is 152. The van der Waals surface area contributed by atoms with Gasteiger partial charge in [0, 0.05) is 9.37 Å². The van der Waals surface area contributed by atoms with Crippen LogP contribution in [-0.4, -0.2) is 5.48 Å². The van der Waals surface area contributed by atoms with Crippen LogP contribution in [0.25, 0.3) is 0 Å². The van der Waals surface area contributed by atoms with Crippen LogP contribution in [0.15, 0.2) is 33.6 Å². The summed E-state index contributed by atoms with van der Waals surface area (Å²) in [5.74, 6) is 0. The Labute approximate surface area is 67.9 Å². The predicted octanol–water partition coefficient (Wildman–Crippen LogP) is 1.91. The average molecular weight is 207 g/mol. The molecule has 9 heavy (non-hydrogen) atoms. The lowest BCUT2D eigenvalue weighted by Gasteiger charge is -1.87. The number of halogens is 1. The zero-order valence-electron chi connectivity index (χ0n) is 4.63. The van der Waals surface area contributed by atoms with Crippen LogP contribution in [0.4, 0.5) is 0 Å². The minimum Gasteiger partial charge on any atom is -0.412 e. The summed E-state index contributed by atoms with van der Waals surface area (Å²) in [7, 11) is 0. The molecule has 0 aliphatic heterocycles. The van der Waals surface area contributed by atoms with Gasteiger partial charge >= 0.3 is 0 Å². The smallest absolute Gasteiger partial charge is 0.0176 e. The fourth-order valence-corrected chi connectivity index (χ4v) is 0.854. The Morgan fingerprint density at radius 3 is 1.89 bits per heavy atom. The minimum atomic E-state index is 0. The van der Waals surface area contributed by atoms with E-state index < -0.39 is 0 Å². The first-order valence-corrected chi connectivity index (χ1v) is 3.47. The summed E-state index contributed by atoms with van der Waals surface area (Å²) in [5, 5.41) is 0. The maximum Gasteiger partial charge on any atom is 0.0176 e. The van der Waals surface area contributed by atoms with Crippen molar-refractivity contribution in [2.45, 2.75) is 4.90 Å². The quantitative estimate of drug-likeness (QED) is 0.630. The summed E-state index contributed by atoms with van der Waals surface area (Å²) in [5.41, 5.74) is 0. The molecule has 0 aromatic heterocycles. The fraction of sp³-hybridized carbons (Fsp3) is 0. The molecule has 0 fully saturated rings. The first-order valence-electron chi connectivity index (χ1n) is 2.23. The third-order valence-corrected chi connectivity index (χ3v) is 1.65. The van der Waals surface area contributed by atoms with Crippen molar-refractivity contribution < 1.29 is 5.48 Å². The highest BCUT2D eigenvalue weighted by Gasteiger charge is 1.82. The molecule has 0 saturated carbocycles. The summed E-state index contributed by atoms with van der Waals surface area (Å²) in [6.45, 7) is 0. The van der Waals surface area contributed by atoms with Gasteiger partial charge in [0.25, 0.3) is 0 Å². The van der Waals surface area contributed by atoms with E-state index in [1.165, 1.54) is 0 Å². The highest BCUT2D eigenvalue weighted by Crippen LogP contribution is 2.11. The van der Waals surface area contributed by atoms with Gasteiger partial charge in [0.2, 0.25) is 0 Å². The van der Waals surface area contributed by atoms with Gasteiger partial charge in [0.15, 0.2) is 0 Å². The molecular formula is C6H7BrOS. The van der Waals surface area contributed by atoms with Gasteiger partial charge in [-0.1, -0.05) is 15.9 Å². The second-order valence-corrected chi connectivity index (χ2v) is 2.91. The van der Waals surface area contributed by atoms with E-state index in [4.69, 9.17) is 0 Å². The second kappa shape index (κ2) is 3.93. The zero-order chi connectivity index (χ0) is 5.98. The Morgan fingerprint density at radius 1 is 1.11 bits per heavy atom. The summed E-state index contributed by atoms with van der Waals surface area (Å²) < 4.78 is 1.09. The lowest BCUT2D eigenvalue weighted by molar-refractivity contribution is 0.824. The molecule has 50 valence electrons. The molecular weight excluding hydrogens is 200 g/mol. The van der Waals surface area contributed by atoms with Crippen LogP contribution in [0.1, 0.15) is 0 Å². The molecule has 0 atom stereocenters. The van der Waals surface area contributed by atoms with Gasteiger partial charge in [-0.15, -0.1) is 12.6 Å². The van der Waals surface area contributed by atoms with Crippen molar-refractivity contribution in [3.05, 3.63) is 28.7 Å². The fourth-order valence-electron chi connectivity index (χ4n) is 0.441. The monoisotopic (exact) mass is 206 g/mol. The van der Waals surface area contributed by atoms with Crippen molar-refractivity contribution in [1.29, 1.82) is 0 Å². The maximum absolute atomic E-state index is 4.11. The van der Waals surface area contributed by atoms with E-state index in [-0.39, 0.29) is 5.48 Å². The standard InChI is InChI=1S/C6H5BrS.H2O/c7-5-1-3-6(8)4-2-5;/h1-4,8H;1H2. The van der Waals surface area contributed by atoms with Crippen LogP contribution < -0.4 is 0 Å². The minimum absolute atomic E-state index is 0. The van der Waals surface area contributed by atoms with Crippen molar-refractivity contribution >= 4 is 28.6 Å². The van der Waals surface area contributed by atoms with Gasteiger partial charge < -0.3 is 5.48 Å². The van der Waals surface area contributed by atoms with E-state index in [9.17, 15) is 0 Å². The van der Waals surface area contributed by atoms with E-state index >= 15 is 0 Å². The summed E-state index contributed by atoms with van der Waals surface area (Å²) in [6.07, 6.45) is 0. The Morgan fingerprint density at radius 2 is 1.56 bits per heavy atom. The van der Waals surface area contributed by atoms with E-state index in [0.717, 1.165) is 9.37 Å². The van der Waals surface area contributed by atoms with E-state index in [0.29, 0.717) is 0 Å². The van der Waals surface area contributed by atoms with Gasteiger partial charge in [-0.05, 0) is 24.3 Å². The van der Waals surface area contributed by atoms with Crippen LogP contribution in [0.3, 0.4) is 0 Å². The summed E-state index contributed by atoms with van der Waals surface area (Å²) >= 11 is 7.42. The molecule has 3 heteroatoms. The molecule has 0 heterocycles. The molecule has 0 aliphatic rings. The van der Waals surface area contributed by atoms with Gasteiger partial charge in [-0.25, -0.2) is 0 Å². The maximum atomic E-state index is 4.11. The number of hydrogen-bond acceptors (Lipinski definition) is 1. The predicted molar refractivity (Wildman–Crippen MR) is 45.0 cm³/mol. The van der Waals surface area contributed by atoms with Crippen molar-refractivity contribution in [2.75, 3.05) is 0 Å². The molecule has 1 aromatic rings. The van der Waals surface area contributed by atoms with Crippen LogP contribution in [0, 0.1) is 0 Å². The van der Waals surface area contributed by atoms with Crippen LogP contribution in [0.5, 0.6) is 0 Å². The van der Waals surface area contributed by atoms with Gasteiger partial charge in [0.1, 0.15) is 0 Å². The molecule has 1 nitrogen and oxygen atoms in total. The van der Waals surface area contributed by atoms with Crippen molar-refractivity contribution in [3.63, 3.8) is 0 Å². The Balaban J connectivity index is 0.000000640. The number of rotatable bonds is 0. The third-order valence-electron chi connectivity index (χ3n) is 0.827. The van der Waals surface area contributed by atoms with Crippen LogP contribution >= 0.6 is 28.6 Å². The van der Waals surface area contributed by atoms with Crippen molar-refractivity contribution in [3.8, 4) is 0 Å². The molecule has 0 unspecified atom stereocenters. The number of thiol groups is 1. The summed E-state index contributed by atoms with van der Waals surface area (Å²) in [4.78, 5) is 0.994. The lowest BCUT2D eigenvalue weighted by atomic mass is 10.4. The molecule has 1 rings (SSSR count). The second-order valence-electron chi connectivity index (χ2n) is 1.48. The van der Waals surface area contributed by atoms with Gasteiger partial charge in [0.05, 0.1) is 0 Å². The average Bonchev–Trinajstić information content (AvgIpc) is 1.77. The molecule has 0 saturated heterocycles. The number of benzene rings is 1. The summed E-state index contributed by atoms with van der Waals surface area (Å²) in [6, 6.07) is 7.80. The van der Waals surface area contributed by atoms with Gasteiger partial charge in [-0.2, -0.15) is 0 Å². The lowest BCUT2D eigenvalue weighted by Crippen LogP contribution is -1.62. The molecule has 1 aromatic carbocycles. The van der Waals surface area contributed by atoms with E-state index in [1.54, 1.807) is 0 Å². The topological polar surface area (TPSA) is 31.5 Å². The van der Waals surface area contributed by atoms with Crippen LogP contribution in [0.2, 0.25) is 0 Å². The molecule has 0 spiro atoms. The molecule has 0 aliphatic carbocycles. The van der Waals surface area contributed by atoms with E-state index in [1.807, 2.05) is 24.3 Å². The molecule has 0 amide bonds. The van der Waals surface area contributed by atoms with Crippen molar-refractivity contribution in [1.82, 2.24) is 0 Å². The Hall–Kier alpha value is 0.01000. The van der Waals surface area contributed by atoms with Gasteiger partial charge in [-0.3, -0.25) is 0 Å². The molecule has 0 bridgehead atoms. The SMILES string of the molecule is O.Sc1ccc(Br)cc1. The van der Waals surface area contributed by atoms with Crippen LogP contribution in [-0.2, 0) is 0 Å². The van der Waals surface area contributed by atoms with E-state index in [2.05, 4.69) is 28.6 Å². The first kappa shape index (κ1) is 9.01. The normalized spacial score (nSPS) is 8.22. The third kappa shape index (κ3) is 2.89. The molecule has 0 radical (unpaired) electrons. The molecule has 2 N–H and O–H groups in total. The zero-order valence-corrected chi connectivity index (χ0v) is 7.12. The number of hydrogen-bond donors (Lipinski definition) is 1. The first-order chi connectivity index (χ1) is 3.79.